The molecule has 0 aromatic heterocycles. The molecule has 0 saturated carbocycles. The van der Waals surface area contributed by atoms with Crippen molar-refractivity contribution in [3.8, 4) is 55.6 Å². The zero-order chi connectivity index (χ0) is 63.3. The summed E-state index contributed by atoms with van der Waals surface area (Å²) in [6.07, 6.45) is 3.75. The third-order valence-corrected chi connectivity index (χ3v) is 19.3. The van der Waals surface area contributed by atoms with E-state index >= 15 is 8.78 Å². The lowest BCUT2D eigenvalue weighted by molar-refractivity contribution is 0.616. The molecule has 0 spiro atoms. The predicted octanol–water partition coefficient (Wildman–Crippen LogP) is 23.9. The lowest BCUT2D eigenvalue weighted by atomic mass is 9.67. The van der Waals surface area contributed by atoms with Gasteiger partial charge in [-0.25, -0.2) is 8.78 Å². The molecule has 2 aliphatic rings. The molecule has 2 unspecified atom stereocenters. The van der Waals surface area contributed by atoms with Gasteiger partial charge in [-0.05, 0) is 185 Å². The Labute approximate surface area is 548 Å². The fraction of sp³-hybridized carbons (Fsp3) is 0.0222. The van der Waals surface area contributed by atoms with Gasteiger partial charge in [0.05, 0.1) is 10.8 Å². The summed E-state index contributed by atoms with van der Waals surface area (Å²) in [6.45, 7) is 8.14. The lowest BCUT2D eigenvalue weighted by Gasteiger charge is -2.35. The molecule has 0 radical (unpaired) electrons. The Morgan fingerprint density at radius 3 is 0.862 bits per heavy atom. The van der Waals surface area contributed by atoms with Crippen LogP contribution in [0.2, 0.25) is 0 Å². The number of hydrogen-bond acceptors (Lipinski definition) is 2. The van der Waals surface area contributed by atoms with E-state index in [0.717, 1.165) is 112 Å². The molecule has 446 valence electrons. The van der Waals surface area contributed by atoms with Gasteiger partial charge in [0.25, 0.3) is 0 Å². The van der Waals surface area contributed by atoms with Crippen LogP contribution in [0.1, 0.15) is 55.6 Å². The average molecular weight is 1210 g/mol. The maximum Gasteiger partial charge on any atom is 0.133 e. The molecule has 0 N–H and O–H groups in total. The quantitative estimate of drug-likeness (QED) is 0.101. The predicted molar refractivity (Wildman–Crippen MR) is 387 cm³/mol. The Bertz CT molecular complexity index is 4840. The van der Waals surface area contributed by atoms with Gasteiger partial charge in [0.1, 0.15) is 11.6 Å². The summed E-state index contributed by atoms with van der Waals surface area (Å²) in [4.78, 5) is 4.22. The molecule has 94 heavy (non-hydrogen) atoms. The largest absolute Gasteiger partial charge is 0.310 e. The van der Waals surface area contributed by atoms with Gasteiger partial charge in [-0.2, -0.15) is 0 Å². The second-order valence-corrected chi connectivity index (χ2v) is 24.3. The van der Waals surface area contributed by atoms with Gasteiger partial charge < -0.3 is 9.80 Å². The van der Waals surface area contributed by atoms with E-state index < -0.39 is 22.5 Å². The molecular formula is C90H62F2N2. The van der Waals surface area contributed by atoms with Crippen molar-refractivity contribution in [2.45, 2.75) is 10.8 Å². The van der Waals surface area contributed by atoms with Crippen molar-refractivity contribution < 1.29 is 8.78 Å². The summed E-state index contributed by atoms with van der Waals surface area (Å²) < 4.78 is 35.6. The van der Waals surface area contributed by atoms with Crippen LogP contribution in [0.15, 0.2) is 353 Å². The molecule has 14 aromatic rings. The maximum atomic E-state index is 17.8. The highest BCUT2D eigenvalue weighted by Crippen LogP contribution is 2.59. The summed E-state index contributed by atoms with van der Waals surface area (Å²) in [5.41, 5.74) is 23.3. The van der Waals surface area contributed by atoms with Crippen molar-refractivity contribution >= 4 is 46.3 Å². The summed E-state index contributed by atoms with van der Waals surface area (Å²) in [5, 5.41) is 0. The second-order valence-electron chi connectivity index (χ2n) is 24.3. The summed E-state index contributed by atoms with van der Waals surface area (Å²) in [6, 6.07) is 117. The van der Waals surface area contributed by atoms with E-state index in [4.69, 9.17) is 0 Å². The number of nitrogens with zero attached hydrogens (tertiary/aromatic N) is 2. The summed E-state index contributed by atoms with van der Waals surface area (Å²) in [7, 11) is 0. The first-order valence-corrected chi connectivity index (χ1v) is 31.9. The standard InChI is InChI=1S/C90H62F2N2/c1-3-61-33-41-69(42-34-61)89(67-25-13-7-14-26-67)83-31-19-17-29-77(83)79-53-49-73(57-85(79)89)93(71-45-37-65(38-46-71)63-21-9-5-10-22-63)75-51-55-81(87(91)59-75)82-56-52-76(60-88(82)92)94(72-47-39-66(40-48-72)64-23-11-6-12-24-64)74-50-54-80-78-30-18-20-32-84(78)90(86(80)58-74,68-27-15-8-16-28-68)70-43-35-62(4-2)36-44-70/h3-60H,1-2H2. The minimum absolute atomic E-state index is 0.145. The van der Waals surface area contributed by atoms with E-state index in [1.165, 1.54) is 11.1 Å². The van der Waals surface area contributed by atoms with Gasteiger partial charge in [0, 0.05) is 45.3 Å². The third kappa shape index (κ3) is 9.44. The molecule has 2 atom stereocenters. The number of rotatable bonds is 15. The molecule has 0 saturated heterocycles. The first-order chi connectivity index (χ1) is 46.3. The highest BCUT2D eigenvalue weighted by atomic mass is 19.1. The van der Waals surface area contributed by atoms with Crippen LogP contribution in [0.25, 0.3) is 67.8 Å². The van der Waals surface area contributed by atoms with Crippen LogP contribution < -0.4 is 9.80 Å². The molecule has 0 aliphatic heterocycles. The van der Waals surface area contributed by atoms with Gasteiger partial charge in [-0.1, -0.05) is 280 Å². The van der Waals surface area contributed by atoms with Crippen molar-refractivity contribution in [3.63, 3.8) is 0 Å². The van der Waals surface area contributed by atoms with Gasteiger partial charge in [0.2, 0.25) is 0 Å². The Hall–Kier alpha value is -12.0. The zero-order valence-electron chi connectivity index (χ0n) is 51.6. The van der Waals surface area contributed by atoms with E-state index in [2.05, 4.69) is 290 Å². The Kier molecular flexibility index (Phi) is 14.4. The molecule has 16 rings (SSSR count). The Morgan fingerprint density at radius 2 is 0.511 bits per heavy atom. The second kappa shape index (κ2) is 23.7. The number of anilines is 6. The van der Waals surface area contributed by atoms with Crippen LogP contribution >= 0.6 is 0 Å². The van der Waals surface area contributed by atoms with Crippen molar-refractivity contribution in [2.75, 3.05) is 9.80 Å². The number of halogens is 2. The topological polar surface area (TPSA) is 6.48 Å². The summed E-state index contributed by atoms with van der Waals surface area (Å²) >= 11 is 0. The van der Waals surface area contributed by atoms with E-state index in [1.54, 1.807) is 24.3 Å². The first kappa shape index (κ1) is 57.2. The van der Waals surface area contributed by atoms with Crippen LogP contribution in [0, 0.1) is 11.6 Å². The first-order valence-electron chi connectivity index (χ1n) is 31.9. The molecule has 2 nitrogen and oxygen atoms in total. The minimum Gasteiger partial charge on any atom is -0.310 e. The van der Waals surface area contributed by atoms with Gasteiger partial charge in [-0.15, -0.1) is 0 Å². The number of benzene rings is 14. The average Bonchev–Trinajstić information content (AvgIpc) is 1.55. The van der Waals surface area contributed by atoms with Crippen LogP contribution in [0.4, 0.5) is 42.9 Å². The molecule has 2 aliphatic carbocycles. The molecule has 0 heterocycles. The third-order valence-electron chi connectivity index (χ3n) is 19.3. The SMILES string of the molecule is C=Cc1ccc(C2(c3ccccc3)c3ccccc3-c3ccc(N(c4ccc(-c5ccccc5)cc4)c4ccc(-c5ccc(N(c6ccc(-c7ccccc7)cc6)c6ccc7c(c6)C(c6ccccc6)(c6ccc(C=C)cc6)c6ccccc6-7)cc5F)c(F)c4)cc32)cc1. The van der Waals surface area contributed by atoms with Crippen molar-refractivity contribution in [3.05, 3.63) is 420 Å². The molecular weight excluding hydrogens is 1150 g/mol. The zero-order valence-corrected chi connectivity index (χ0v) is 51.6. The van der Waals surface area contributed by atoms with Gasteiger partial charge in [0.15, 0.2) is 0 Å². The van der Waals surface area contributed by atoms with Crippen molar-refractivity contribution in [1.29, 1.82) is 0 Å². The monoisotopic (exact) mass is 1210 g/mol. The Morgan fingerprint density at radius 1 is 0.234 bits per heavy atom. The Balaban J connectivity index is 0.827. The number of hydrogen-bond donors (Lipinski definition) is 0. The maximum absolute atomic E-state index is 17.8. The van der Waals surface area contributed by atoms with Crippen LogP contribution in [-0.4, -0.2) is 0 Å². The molecule has 0 bridgehead atoms. The van der Waals surface area contributed by atoms with Gasteiger partial charge in [-0.3, -0.25) is 0 Å². The highest BCUT2D eigenvalue weighted by Gasteiger charge is 2.48. The molecule has 0 amide bonds. The number of fused-ring (bicyclic) bond motifs is 6. The lowest BCUT2D eigenvalue weighted by Crippen LogP contribution is -2.28. The summed E-state index contributed by atoms with van der Waals surface area (Å²) in [5.74, 6) is -1.12. The molecule has 4 heteroatoms. The van der Waals surface area contributed by atoms with E-state index in [0.29, 0.717) is 11.4 Å². The van der Waals surface area contributed by atoms with Crippen molar-refractivity contribution in [2.24, 2.45) is 0 Å². The van der Waals surface area contributed by atoms with Crippen LogP contribution in [-0.2, 0) is 10.8 Å². The minimum atomic E-state index is -0.705. The van der Waals surface area contributed by atoms with Gasteiger partial charge >= 0.3 is 0 Å². The van der Waals surface area contributed by atoms with E-state index in [1.807, 2.05) is 60.7 Å². The molecule has 0 fully saturated rings. The smallest absolute Gasteiger partial charge is 0.133 e. The van der Waals surface area contributed by atoms with Crippen molar-refractivity contribution in [1.82, 2.24) is 0 Å². The van der Waals surface area contributed by atoms with Crippen LogP contribution in [0.5, 0.6) is 0 Å². The molecule has 14 aromatic carbocycles. The highest BCUT2D eigenvalue weighted by molar-refractivity contribution is 5.93. The van der Waals surface area contributed by atoms with E-state index in [9.17, 15) is 0 Å². The van der Waals surface area contributed by atoms with E-state index in [-0.39, 0.29) is 11.1 Å². The fourth-order valence-electron chi connectivity index (χ4n) is 15.0. The fourth-order valence-corrected chi connectivity index (χ4v) is 15.0. The van der Waals surface area contributed by atoms with Crippen LogP contribution in [0.3, 0.4) is 0 Å². The normalized spacial score (nSPS) is 14.9.